The molecule has 0 atom stereocenters. The van der Waals surface area contributed by atoms with Crippen LogP contribution in [0, 0.1) is 5.92 Å². The molecule has 0 unspecified atom stereocenters. The number of aromatic nitrogens is 2. The summed E-state index contributed by atoms with van der Waals surface area (Å²) < 4.78 is 1.83. The molecule has 2 heterocycles. The normalized spacial score (nSPS) is 17.2. The van der Waals surface area contributed by atoms with Crippen molar-refractivity contribution in [2.45, 2.75) is 51.5 Å². The highest BCUT2D eigenvalue weighted by molar-refractivity contribution is 6.04. The number of hydrogen-bond acceptors (Lipinski definition) is 3. The second-order valence-electron chi connectivity index (χ2n) is 7.99. The number of fused-ring (bicyclic) bond motifs is 1. The van der Waals surface area contributed by atoms with Crippen molar-refractivity contribution in [3.8, 4) is 0 Å². The largest absolute Gasteiger partial charge is 0.338 e. The van der Waals surface area contributed by atoms with Gasteiger partial charge in [0.05, 0.1) is 6.54 Å². The quantitative estimate of drug-likeness (QED) is 0.882. The number of nitrogens with zero attached hydrogens (tertiary/aromatic N) is 3. The molecule has 2 aromatic rings. The zero-order valence-corrected chi connectivity index (χ0v) is 16.5. The number of nitrogens with one attached hydrogen (secondary N) is 1. The molecule has 1 aromatic heterocycles. The van der Waals surface area contributed by atoms with Crippen LogP contribution in [0.4, 0.5) is 5.82 Å². The Balaban J connectivity index is 1.46. The van der Waals surface area contributed by atoms with E-state index in [9.17, 15) is 9.59 Å². The first kappa shape index (κ1) is 18.7. The van der Waals surface area contributed by atoms with Gasteiger partial charge in [0, 0.05) is 43.3 Å². The molecule has 1 N–H and O–H groups in total. The van der Waals surface area contributed by atoms with Crippen LogP contribution in [0.15, 0.2) is 30.3 Å². The number of rotatable bonds is 4. The molecule has 2 aliphatic rings. The van der Waals surface area contributed by atoms with Gasteiger partial charge >= 0.3 is 0 Å². The molecule has 2 amide bonds. The lowest BCUT2D eigenvalue weighted by Gasteiger charge is -2.30. The molecule has 4 rings (SSSR count). The van der Waals surface area contributed by atoms with Crippen molar-refractivity contribution in [1.29, 1.82) is 0 Å². The zero-order valence-electron chi connectivity index (χ0n) is 16.5. The molecule has 1 fully saturated rings. The van der Waals surface area contributed by atoms with Crippen LogP contribution >= 0.6 is 0 Å². The van der Waals surface area contributed by atoms with E-state index < -0.39 is 0 Å². The SMILES string of the molecule is Cn1nc(NC(=O)c2ccccc2)c2c1CCN(C(=O)CC1CCCCC1)C2. The van der Waals surface area contributed by atoms with Gasteiger partial charge in [-0.3, -0.25) is 14.3 Å². The highest BCUT2D eigenvalue weighted by atomic mass is 16.2. The van der Waals surface area contributed by atoms with Crippen LogP contribution in [0.25, 0.3) is 0 Å². The van der Waals surface area contributed by atoms with Gasteiger partial charge in [-0.05, 0) is 30.9 Å². The average molecular weight is 380 g/mol. The Hall–Kier alpha value is -2.63. The minimum absolute atomic E-state index is 0.174. The van der Waals surface area contributed by atoms with Crippen molar-refractivity contribution in [1.82, 2.24) is 14.7 Å². The van der Waals surface area contributed by atoms with Gasteiger partial charge in [-0.25, -0.2) is 0 Å². The molecule has 1 aromatic carbocycles. The monoisotopic (exact) mass is 380 g/mol. The first-order valence-corrected chi connectivity index (χ1v) is 10.3. The maximum absolute atomic E-state index is 12.8. The highest BCUT2D eigenvalue weighted by Crippen LogP contribution is 2.30. The number of carbonyl (C=O) groups excluding carboxylic acids is 2. The van der Waals surface area contributed by atoms with E-state index >= 15 is 0 Å². The lowest BCUT2D eigenvalue weighted by Crippen LogP contribution is -2.37. The molecule has 1 aliphatic heterocycles. The van der Waals surface area contributed by atoms with Crippen molar-refractivity contribution in [2.75, 3.05) is 11.9 Å². The summed E-state index contributed by atoms with van der Waals surface area (Å²) in [6.45, 7) is 1.25. The summed E-state index contributed by atoms with van der Waals surface area (Å²) in [7, 11) is 1.90. The highest BCUT2D eigenvalue weighted by Gasteiger charge is 2.29. The van der Waals surface area contributed by atoms with Gasteiger partial charge in [0.15, 0.2) is 5.82 Å². The van der Waals surface area contributed by atoms with Gasteiger partial charge in [0.25, 0.3) is 5.91 Å². The Labute approximate surface area is 165 Å². The maximum atomic E-state index is 12.8. The Kier molecular flexibility index (Phi) is 5.46. The number of carbonyl (C=O) groups is 2. The van der Waals surface area contributed by atoms with Gasteiger partial charge in [-0.15, -0.1) is 0 Å². The van der Waals surface area contributed by atoms with Crippen molar-refractivity contribution in [2.24, 2.45) is 13.0 Å². The molecule has 6 nitrogen and oxygen atoms in total. The molecule has 0 radical (unpaired) electrons. The topological polar surface area (TPSA) is 67.2 Å². The third-order valence-corrected chi connectivity index (χ3v) is 6.05. The average Bonchev–Trinajstić information content (AvgIpc) is 3.04. The summed E-state index contributed by atoms with van der Waals surface area (Å²) >= 11 is 0. The second kappa shape index (κ2) is 8.17. The number of anilines is 1. The third kappa shape index (κ3) is 3.96. The van der Waals surface area contributed by atoms with E-state index in [1.807, 2.05) is 34.8 Å². The predicted octanol–water partition coefficient (Wildman–Crippen LogP) is 3.53. The number of amides is 2. The van der Waals surface area contributed by atoms with Crippen molar-refractivity contribution in [3.05, 3.63) is 47.2 Å². The van der Waals surface area contributed by atoms with Crippen LogP contribution in [-0.2, 0) is 24.8 Å². The van der Waals surface area contributed by atoms with Gasteiger partial charge in [0.1, 0.15) is 0 Å². The first-order chi connectivity index (χ1) is 13.6. The molecule has 0 spiro atoms. The number of hydrogen-bond donors (Lipinski definition) is 1. The summed E-state index contributed by atoms with van der Waals surface area (Å²) in [4.78, 5) is 27.3. The minimum Gasteiger partial charge on any atom is -0.338 e. The van der Waals surface area contributed by atoms with Crippen LogP contribution < -0.4 is 5.32 Å². The van der Waals surface area contributed by atoms with Crippen molar-refractivity contribution in [3.63, 3.8) is 0 Å². The van der Waals surface area contributed by atoms with Gasteiger partial charge < -0.3 is 10.2 Å². The lowest BCUT2D eigenvalue weighted by atomic mass is 9.86. The van der Waals surface area contributed by atoms with Gasteiger partial charge in [-0.1, -0.05) is 37.5 Å². The van der Waals surface area contributed by atoms with Crippen LogP contribution in [0.2, 0.25) is 0 Å². The molecule has 0 saturated heterocycles. The summed E-state index contributed by atoms with van der Waals surface area (Å²) in [5.74, 6) is 1.17. The summed E-state index contributed by atoms with van der Waals surface area (Å²) in [6.07, 6.45) is 7.59. The molecule has 6 heteroatoms. The Morgan fingerprint density at radius 1 is 1.14 bits per heavy atom. The summed E-state index contributed by atoms with van der Waals surface area (Å²) in [5.41, 5.74) is 2.67. The summed E-state index contributed by atoms with van der Waals surface area (Å²) in [5, 5.41) is 7.45. The van der Waals surface area contributed by atoms with E-state index in [2.05, 4.69) is 10.4 Å². The van der Waals surface area contributed by atoms with Crippen molar-refractivity contribution >= 4 is 17.6 Å². The number of benzene rings is 1. The predicted molar refractivity (Wildman–Crippen MR) is 108 cm³/mol. The Morgan fingerprint density at radius 3 is 2.64 bits per heavy atom. The second-order valence-corrected chi connectivity index (χ2v) is 7.99. The molecule has 0 bridgehead atoms. The van der Waals surface area contributed by atoms with E-state index in [1.54, 1.807) is 12.1 Å². The number of aryl methyl sites for hydroxylation is 1. The van der Waals surface area contributed by atoms with Crippen LogP contribution in [0.1, 0.15) is 60.1 Å². The minimum atomic E-state index is -0.174. The zero-order chi connectivity index (χ0) is 19.5. The summed E-state index contributed by atoms with van der Waals surface area (Å²) in [6, 6.07) is 9.13. The third-order valence-electron chi connectivity index (χ3n) is 6.05. The lowest BCUT2D eigenvalue weighted by molar-refractivity contribution is -0.133. The molecule has 28 heavy (non-hydrogen) atoms. The molecule has 1 saturated carbocycles. The molecular weight excluding hydrogens is 352 g/mol. The fraction of sp³-hybridized carbons (Fsp3) is 0.500. The standard InChI is InChI=1S/C22H28N4O2/c1-25-19-12-13-26(20(27)14-16-8-4-2-5-9-16)15-18(19)21(24-25)23-22(28)17-10-6-3-7-11-17/h3,6-7,10-11,16H,2,4-5,8-9,12-15H2,1H3,(H,23,24,28). The van der Waals surface area contributed by atoms with E-state index in [0.717, 1.165) is 24.2 Å². The first-order valence-electron chi connectivity index (χ1n) is 10.3. The molecule has 1 aliphatic carbocycles. The Bertz CT molecular complexity index is 853. The van der Waals surface area contributed by atoms with E-state index in [4.69, 9.17) is 0 Å². The van der Waals surface area contributed by atoms with Gasteiger partial charge in [-0.2, -0.15) is 5.10 Å². The van der Waals surface area contributed by atoms with E-state index in [0.29, 0.717) is 30.3 Å². The van der Waals surface area contributed by atoms with E-state index in [-0.39, 0.29) is 11.8 Å². The van der Waals surface area contributed by atoms with Gasteiger partial charge in [0.2, 0.25) is 5.91 Å². The smallest absolute Gasteiger partial charge is 0.256 e. The Morgan fingerprint density at radius 2 is 1.89 bits per heavy atom. The maximum Gasteiger partial charge on any atom is 0.256 e. The van der Waals surface area contributed by atoms with Crippen LogP contribution in [0.5, 0.6) is 0 Å². The van der Waals surface area contributed by atoms with Crippen LogP contribution in [-0.4, -0.2) is 33.0 Å². The molecular formula is C22H28N4O2. The van der Waals surface area contributed by atoms with Crippen molar-refractivity contribution < 1.29 is 9.59 Å². The van der Waals surface area contributed by atoms with E-state index in [1.165, 1.54) is 32.1 Å². The molecule has 148 valence electrons. The fourth-order valence-electron chi connectivity index (χ4n) is 4.44. The van der Waals surface area contributed by atoms with Crippen LogP contribution in [0.3, 0.4) is 0 Å². The fourth-order valence-corrected chi connectivity index (χ4v) is 4.44.